The Morgan fingerprint density at radius 1 is 1.33 bits per heavy atom. The van der Waals surface area contributed by atoms with Crippen LogP contribution in [0.4, 0.5) is 8.78 Å². The van der Waals surface area contributed by atoms with Gasteiger partial charge in [0.15, 0.2) is 0 Å². The average Bonchev–Trinajstić information content (AvgIpc) is 3.06. The molecule has 0 aliphatic carbocycles. The highest BCUT2D eigenvalue weighted by molar-refractivity contribution is 7.16. The number of ether oxygens (including phenoxy) is 1. The number of likely N-dealkylation sites (tertiary alicyclic amines) is 1. The van der Waals surface area contributed by atoms with Crippen molar-refractivity contribution in [3.8, 4) is 0 Å². The first-order chi connectivity index (χ1) is 12.8. The molecule has 2 aliphatic rings. The Hall–Kier alpha value is -0.790. The molecule has 2 aliphatic heterocycles. The maximum absolute atomic E-state index is 14.2. The third-order valence-corrected chi connectivity index (χ3v) is 7.25. The van der Waals surface area contributed by atoms with Gasteiger partial charge in [0, 0.05) is 42.7 Å². The van der Waals surface area contributed by atoms with Gasteiger partial charge in [0.2, 0.25) is 0 Å². The lowest BCUT2D eigenvalue weighted by molar-refractivity contribution is -0.182. The zero-order valence-electron chi connectivity index (χ0n) is 14.8. The zero-order valence-corrected chi connectivity index (χ0v) is 17.1. The minimum absolute atomic E-state index is 0.0394. The van der Waals surface area contributed by atoms with E-state index in [4.69, 9.17) is 27.9 Å². The van der Waals surface area contributed by atoms with Crippen LogP contribution in [0, 0.1) is 6.42 Å². The van der Waals surface area contributed by atoms with E-state index in [9.17, 15) is 8.78 Å². The summed E-state index contributed by atoms with van der Waals surface area (Å²) >= 11 is 13.7. The summed E-state index contributed by atoms with van der Waals surface area (Å²) in [5.41, 5.74) is 1.18. The number of thiophene rings is 1. The molecule has 1 saturated heterocycles. The Labute approximate surface area is 171 Å². The molecule has 0 N–H and O–H groups in total. The molecule has 1 radical (unpaired) electrons. The van der Waals surface area contributed by atoms with Crippen LogP contribution in [-0.2, 0) is 22.8 Å². The van der Waals surface area contributed by atoms with Crippen LogP contribution < -0.4 is 0 Å². The number of piperidine rings is 1. The molecule has 8 heteroatoms. The number of aromatic nitrogens is 1. The van der Waals surface area contributed by atoms with Crippen LogP contribution in [-0.4, -0.2) is 29.6 Å². The van der Waals surface area contributed by atoms with E-state index in [-0.39, 0.29) is 5.56 Å². The molecule has 1 spiro atoms. The number of alkyl halides is 2. The second-order valence-electron chi connectivity index (χ2n) is 7.01. The fraction of sp³-hybridized carbons (Fsp3) is 0.474. The smallest absolute Gasteiger partial charge is 0.297 e. The van der Waals surface area contributed by atoms with Crippen LogP contribution in [0.2, 0.25) is 9.36 Å². The summed E-state index contributed by atoms with van der Waals surface area (Å²) in [4.78, 5) is 7.12. The van der Waals surface area contributed by atoms with Crippen LogP contribution in [0.25, 0.3) is 0 Å². The van der Waals surface area contributed by atoms with Gasteiger partial charge in [-0.05, 0) is 30.5 Å². The highest BCUT2D eigenvalue weighted by Gasteiger charge is 2.51. The van der Waals surface area contributed by atoms with Crippen molar-refractivity contribution >= 4 is 34.5 Å². The molecule has 4 rings (SSSR count). The lowest BCUT2D eigenvalue weighted by Crippen LogP contribution is -2.48. The van der Waals surface area contributed by atoms with Crippen molar-refractivity contribution < 1.29 is 13.5 Å². The predicted molar refractivity (Wildman–Crippen MR) is 104 cm³/mol. The molecule has 0 saturated carbocycles. The average molecular weight is 432 g/mol. The lowest BCUT2D eigenvalue weighted by atomic mass is 9.84. The van der Waals surface area contributed by atoms with Gasteiger partial charge in [-0.25, -0.2) is 0 Å². The van der Waals surface area contributed by atoms with E-state index in [1.54, 1.807) is 6.20 Å². The van der Waals surface area contributed by atoms with Gasteiger partial charge in [-0.3, -0.25) is 9.88 Å². The van der Waals surface area contributed by atoms with Gasteiger partial charge in [-0.2, -0.15) is 8.78 Å². The first kappa shape index (κ1) is 19.5. The highest BCUT2D eigenvalue weighted by Crippen LogP contribution is 2.52. The molecule has 27 heavy (non-hydrogen) atoms. The van der Waals surface area contributed by atoms with Crippen molar-refractivity contribution in [3.63, 3.8) is 0 Å². The highest BCUT2D eigenvalue weighted by atomic mass is 35.5. The van der Waals surface area contributed by atoms with Crippen molar-refractivity contribution in [1.82, 2.24) is 9.88 Å². The van der Waals surface area contributed by atoms with Gasteiger partial charge in [0.25, 0.3) is 5.92 Å². The third-order valence-electron chi connectivity index (χ3n) is 5.37. The minimum atomic E-state index is -2.97. The molecule has 4 heterocycles. The topological polar surface area (TPSA) is 25.4 Å². The number of fused-ring (bicyclic) bond motifs is 2. The van der Waals surface area contributed by atoms with Crippen molar-refractivity contribution in [1.29, 1.82) is 0 Å². The van der Waals surface area contributed by atoms with Crippen LogP contribution >= 0.6 is 34.5 Å². The van der Waals surface area contributed by atoms with Crippen LogP contribution in [0.1, 0.15) is 41.5 Å². The number of hydrogen-bond donors (Lipinski definition) is 0. The fourth-order valence-corrected chi connectivity index (χ4v) is 5.61. The Balaban J connectivity index is 1.51. The maximum atomic E-state index is 14.2. The van der Waals surface area contributed by atoms with E-state index >= 15 is 0 Å². The zero-order chi connectivity index (χ0) is 19.2. The largest absolute Gasteiger partial charge is 0.363 e. The summed E-state index contributed by atoms with van der Waals surface area (Å²) in [7, 11) is 0. The van der Waals surface area contributed by atoms with Crippen molar-refractivity contribution in [2.24, 2.45) is 0 Å². The van der Waals surface area contributed by atoms with Crippen LogP contribution in [0.15, 0.2) is 18.3 Å². The minimum Gasteiger partial charge on any atom is -0.363 e. The molecule has 1 fully saturated rings. The molecule has 145 valence electrons. The van der Waals surface area contributed by atoms with Gasteiger partial charge < -0.3 is 4.74 Å². The van der Waals surface area contributed by atoms with E-state index in [1.165, 1.54) is 17.4 Å². The van der Waals surface area contributed by atoms with Gasteiger partial charge in [-0.1, -0.05) is 30.1 Å². The predicted octanol–water partition coefficient (Wildman–Crippen LogP) is 5.64. The summed E-state index contributed by atoms with van der Waals surface area (Å²) < 4.78 is 34.6. The second kappa shape index (κ2) is 7.23. The van der Waals surface area contributed by atoms with Crippen LogP contribution in [0.5, 0.6) is 0 Å². The monoisotopic (exact) mass is 431 g/mol. The summed E-state index contributed by atoms with van der Waals surface area (Å²) in [5.74, 6) is -2.97. The fourth-order valence-electron chi connectivity index (χ4n) is 3.85. The van der Waals surface area contributed by atoms with E-state index in [0.29, 0.717) is 33.6 Å². The van der Waals surface area contributed by atoms with Gasteiger partial charge in [0.1, 0.15) is 12.2 Å². The number of hydrogen-bond acceptors (Lipinski definition) is 4. The molecule has 0 aromatic carbocycles. The first-order valence-electron chi connectivity index (χ1n) is 8.82. The molecular weight excluding hydrogens is 413 g/mol. The standard InChI is InChI=1S/C19H19Cl2F2N2OS/c1-2-14-16(21)12(3-6-24-14)10-25-7-4-18(5-8-25)17-13(9-15(20)27-17)19(22,23)11-26-18/h2-3,6,9H,4-5,7-8,10-11H2,1H3. The normalized spacial score (nSPS) is 21.4. The molecule has 0 unspecified atom stereocenters. The van der Waals surface area contributed by atoms with Gasteiger partial charge in [0.05, 0.1) is 15.1 Å². The number of nitrogens with zero attached hydrogens (tertiary/aromatic N) is 2. The molecule has 0 atom stereocenters. The Morgan fingerprint density at radius 2 is 2.07 bits per heavy atom. The van der Waals surface area contributed by atoms with Crippen molar-refractivity contribution in [3.05, 3.63) is 55.8 Å². The number of halogens is 4. The lowest BCUT2D eigenvalue weighted by Gasteiger charge is -2.45. The molecule has 2 aromatic rings. The van der Waals surface area contributed by atoms with Gasteiger partial charge in [-0.15, -0.1) is 11.3 Å². The van der Waals surface area contributed by atoms with Gasteiger partial charge >= 0.3 is 0 Å². The van der Waals surface area contributed by atoms with Crippen LogP contribution in [0.3, 0.4) is 0 Å². The quantitative estimate of drug-likeness (QED) is 0.628. The molecular formula is C19H19Cl2F2N2OS. The molecule has 0 bridgehead atoms. The Morgan fingerprint density at radius 3 is 2.78 bits per heavy atom. The van der Waals surface area contributed by atoms with E-state index in [2.05, 4.69) is 9.88 Å². The van der Waals surface area contributed by atoms with Crippen molar-refractivity contribution in [2.45, 2.75) is 37.8 Å². The Kier molecular flexibility index (Phi) is 5.23. The molecule has 2 aromatic heterocycles. The van der Waals surface area contributed by atoms with E-state index < -0.39 is 18.1 Å². The Bertz CT molecular complexity index is 850. The first-order valence-corrected chi connectivity index (χ1v) is 10.4. The maximum Gasteiger partial charge on any atom is 0.297 e. The van der Waals surface area contributed by atoms with E-state index in [1.807, 2.05) is 19.4 Å². The summed E-state index contributed by atoms with van der Waals surface area (Å²) in [6.07, 6.45) is 4.95. The molecule has 0 amide bonds. The SMILES string of the molecule is C[CH]c1nccc(CN2CCC3(CC2)OCC(F)(F)c2cc(Cl)sc23)c1Cl. The van der Waals surface area contributed by atoms with Crippen molar-refractivity contribution in [2.75, 3.05) is 19.7 Å². The summed E-state index contributed by atoms with van der Waals surface area (Å²) in [6.45, 7) is 3.50. The number of pyridine rings is 1. The third kappa shape index (κ3) is 3.51. The summed E-state index contributed by atoms with van der Waals surface area (Å²) in [5, 5.41) is 0.668. The number of rotatable bonds is 3. The van der Waals surface area contributed by atoms with E-state index in [0.717, 1.165) is 24.3 Å². The second-order valence-corrected chi connectivity index (χ2v) is 9.08. The molecule has 3 nitrogen and oxygen atoms in total. The summed E-state index contributed by atoms with van der Waals surface area (Å²) in [6, 6.07) is 3.33.